The molecule has 0 unspecified atom stereocenters. The van der Waals surface area contributed by atoms with E-state index in [1.165, 1.54) is 23.5 Å². The molecular formula is C33H26N4OS2. The zero-order chi connectivity index (χ0) is 27.1. The van der Waals surface area contributed by atoms with E-state index in [1.807, 2.05) is 72.8 Å². The Morgan fingerprint density at radius 1 is 0.500 bits per heavy atom. The SMILES string of the molecule is O=C(CSc1nc(-c2ccccc2)c(-c2ccccc2)[nH]1)CSc1nc(-c2ccccc2)c(-c2ccccc2)[nH]1. The van der Waals surface area contributed by atoms with E-state index in [-0.39, 0.29) is 5.78 Å². The molecule has 0 saturated carbocycles. The van der Waals surface area contributed by atoms with Crippen LogP contribution < -0.4 is 0 Å². The molecule has 0 amide bonds. The van der Waals surface area contributed by atoms with E-state index < -0.39 is 0 Å². The zero-order valence-corrected chi connectivity index (χ0v) is 23.2. The Labute approximate surface area is 241 Å². The summed E-state index contributed by atoms with van der Waals surface area (Å²) in [5.74, 6) is 0.759. The summed E-state index contributed by atoms with van der Waals surface area (Å²) in [6.45, 7) is 0. The molecule has 0 aliphatic carbocycles. The molecule has 4 aromatic carbocycles. The molecule has 6 rings (SSSR count). The summed E-state index contributed by atoms with van der Waals surface area (Å²) in [6, 6.07) is 40.5. The number of thioether (sulfide) groups is 2. The molecule has 0 spiro atoms. The van der Waals surface area contributed by atoms with E-state index in [4.69, 9.17) is 9.97 Å². The van der Waals surface area contributed by atoms with Crippen LogP contribution in [0.4, 0.5) is 0 Å². The van der Waals surface area contributed by atoms with Crippen molar-refractivity contribution < 1.29 is 4.79 Å². The number of hydrogen-bond donors (Lipinski definition) is 2. The number of benzene rings is 4. The van der Waals surface area contributed by atoms with Crippen LogP contribution in [0.15, 0.2) is 132 Å². The molecule has 40 heavy (non-hydrogen) atoms. The van der Waals surface area contributed by atoms with Crippen LogP contribution in [0.25, 0.3) is 45.0 Å². The summed E-state index contributed by atoms with van der Waals surface area (Å²) < 4.78 is 0. The molecule has 0 bridgehead atoms. The molecule has 2 aromatic heterocycles. The molecule has 2 heterocycles. The van der Waals surface area contributed by atoms with Gasteiger partial charge >= 0.3 is 0 Å². The van der Waals surface area contributed by atoms with Crippen molar-refractivity contribution in [2.75, 3.05) is 11.5 Å². The third-order valence-corrected chi connectivity index (χ3v) is 8.19. The maximum atomic E-state index is 12.9. The van der Waals surface area contributed by atoms with Crippen LogP contribution in [0.1, 0.15) is 0 Å². The van der Waals surface area contributed by atoms with Gasteiger partial charge in [0.05, 0.1) is 34.3 Å². The van der Waals surface area contributed by atoms with Crippen molar-refractivity contribution in [2.24, 2.45) is 0 Å². The number of carbonyl (C=O) groups excluding carboxylic acids is 1. The Kier molecular flexibility index (Phi) is 7.93. The first kappa shape index (κ1) is 25.9. The predicted molar refractivity (Wildman–Crippen MR) is 165 cm³/mol. The van der Waals surface area contributed by atoms with E-state index in [9.17, 15) is 4.79 Å². The van der Waals surface area contributed by atoms with Crippen LogP contribution in [0.2, 0.25) is 0 Å². The summed E-state index contributed by atoms with van der Waals surface area (Å²) in [5.41, 5.74) is 7.86. The number of aromatic nitrogens is 4. The van der Waals surface area contributed by atoms with Crippen molar-refractivity contribution in [3.63, 3.8) is 0 Å². The number of ketones is 1. The van der Waals surface area contributed by atoms with E-state index in [1.54, 1.807) is 0 Å². The van der Waals surface area contributed by atoms with Crippen LogP contribution in [0.3, 0.4) is 0 Å². The molecule has 0 aliphatic rings. The van der Waals surface area contributed by atoms with Gasteiger partial charge in [-0.15, -0.1) is 0 Å². The molecule has 5 nitrogen and oxygen atoms in total. The number of hydrogen-bond acceptors (Lipinski definition) is 5. The molecule has 0 radical (unpaired) electrons. The van der Waals surface area contributed by atoms with Gasteiger partial charge < -0.3 is 9.97 Å². The molecule has 6 aromatic rings. The van der Waals surface area contributed by atoms with Crippen LogP contribution in [0, 0.1) is 0 Å². The van der Waals surface area contributed by atoms with Crippen LogP contribution in [-0.4, -0.2) is 37.2 Å². The topological polar surface area (TPSA) is 74.4 Å². The predicted octanol–water partition coefficient (Wildman–Crippen LogP) is 8.25. The first-order valence-electron chi connectivity index (χ1n) is 12.9. The second-order valence-electron chi connectivity index (χ2n) is 9.11. The highest BCUT2D eigenvalue weighted by atomic mass is 32.2. The summed E-state index contributed by atoms with van der Waals surface area (Å²) in [5, 5.41) is 1.46. The highest BCUT2D eigenvalue weighted by Crippen LogP contribution is 2.34. The lowest BCUT2D eigenvalue weighted by molar-refractivity contribution is -0.114. The Morgan fingerprint density at radius 2 is 0.825 bits per heavy atom. The Hall–Kier alpha value is -4.33. The van der Waals surface area contributed by atoms with Gasteiger partial charge in [0.2, 0.25) is 0 Å². The summed E-state index contributed by atoms with van der Waals surface area (Å²) in [6.07, 6.45) is 0. The minimum absolute atomic E-state index is 0.118. The summed E-state index contributed by atoms with van der Waals surface area (Å²) in [4.78, 5) is 29.5. The zero-order valence-electron chi connectivity index (χ0n) is 21.6. The Morgan fingerprint density at radius 3 is 1.18 bits per heavy atom. The van der Waals surface area contributed by atoms with Gasteiger partial charge in [0.1, 0.15) is 0 Å². The van der Waals surface area contributed by atoms with Gasteiger partial charge in [-0.05, 0) is 0 Å². The van der Waals surface area contributed by atoms with Gasteiger partial charge in [-0.3, -0.25) is 4.79 Å². The quantitative estimate of drug-likeness (QED) is 0.166. The summed E-state index contributed by atoms with van der Waals surface area (Å²) >= 11 is 2.86. The number of H-pyrrole nitrogens is 2. The normalized spacial score (nSPS) is 11.0. The number of aromatic amines is 2. The summed E-state index contributed by atoms with van der Waals surface area (Å²) in [7, 11) is 0. The third kappa shape index (κ3) is 5.96. The monoisotopic (exact) mass is 558 g/mol. The van der Waals surface area contributed by atoms with Gasteiger partial charge in [-0.2, -0.15) is 0 Å². The van der Waals surface area contributed by atoms with Gasteiger partial charge in [0.25, 0.3) is 0 Å². The average molecular weight is 559 g/mol. The second-order valence-corrected chi connectivity index (χ2v) is 11.0. The maximum absolute atomic E-state index is 12.9. The third-order valence-electron chi connectivity index (χ3n) is 6.32. The fourth-order valence-corrected chi connectivity index (χ4v) is 6.01. The van der Waals surface area contributed by atoms with Crippen molar-refractivity contribution in [3.05, 3.63) is 121 Å². The first-order valence-corrected chi connectivity index (χ1v) is 14.9. The standard InChI is InChI=1S/C33H26N4OS2/c38-27(21-39-32-34-28(23-13-5-1-6-14-23)29(35-32)24-15-7-2-8-16-24)22-40-33-36-30(25-17-9-3-10-18-25)31(37-33)26-19-11-4-12-20-26/h1-20H,21-22H2,(H,34,35)(H,36,37). The maximum Gasteiger partial charge on any atom is 0.166 e. The molecule has 0 atom stereocenters. The molecule has 2 N–H and O–H groups in total. The fourth-order valence-electron chi connectivity index (χ4n) is 4.42. The average Bonchev–Trinajstić information content (AvgIpc) is 3.66. The lowest BCUT2D eigenvalue weighted by Gasteiger charge is -2.02. The van der Waals surface area contributed by atoms with Crippen molar-refractivity contribution >= 4 is 29.3 Å². The number of imidazole rings is 2. The molecule has 196 valence electrons. The smallest absolute Gasteiger partial charge is 0.166 e. The highest BCUT2D eigenvalue weighted by molar-refractivity contribution is 8.01. The molecule has 0 fully saturated rings. The number of nitrogens with zero attached hydrogens (tertiary/aromatic N) is 2. The van der Waals surface area contributed by atoms with Crippen molar-refractivity contribution in [1.29, 1.82) is 0 Å². The lowest BCUT2D eigenvalue weighted by Crippen LogP contribution is -2.05. The largest absolute Gasteiger partial charge is 0.332 e. The fraction of sp³-hybridized carbons (Fsp3) is 0.0606. The van der Waals surface area contributed by atoms with E-state index >= 15 is 0 Å². The number of nitrogens with one attached hydrogen (secondary N) is 2. The first-order chi connectivity index (χ1) is 19.7. The van der Waals surface area contributed by atoms with Crippen molar-refractivity contribution in [3.8, 4) is 45.0 Å². The number of rotatable bonds is 10. The molecular weight excluding hydrogens is 533 g/mol. The van der Waals surface area contributed by atoms with E-state index in [2.05, 4.69) is 58.5 Å². The molecule has 7 heteroatoms. The number of Topliss-reactive ketones (excluding diaryl/α,β-unsaturated/α-hetero) is 1. The van der Waals surface area contributed by atoms with Gasteiger partial charge in [-0.1, -0.05) is 145 Å². The van der Waals surface area contributed by atoms with Crippen LogP contribution in [0.5, 0.6) is 0 Å². The molecule has 0 aliphatic heterocycles. The lowest BCUT2D eigenvalue weighted by atomic mass is 10.1. The molecule has 0 saturated heterocycles. The van der Waals surface area contributed by atoms with E-state index in [0.29, 0.717) is 11.5 Å². The van der Waals surface area contributed by atoms with Crippen molar-refractivity contribution in [1.82, 2.24) is 19.9 Å². The van der Waals surface area contributed by atoms with Gasteiger partial charge in [0, 0.05) is 22.3 Å². The highest BCUT2D eigenvalue weighted by Gasteiger charge is 2.17. The van der Waals surface area contributed by atoms with Gasteiger partial charge in [0.15, 0.2) is 16.1 Å². The van der Waals surface area contributed by atoms with Gasteiger partial charge in [-0.25, -0.2) is 9.97 Å². The van der Waals surface area contributed by atoms with Crippen LogP contribution in [-0.2, 0) is 4.79 Å². The second kappa shape index (κ2) is 12.2. The van der Waals surface area contributed by atoms with Crippen LogP contribution >= 0.6 is 23.5 Å². The van der Waals surface area contributed by atoms with Crippen molar-refractivity contribution in [2.45, 2.75) is 10.3 Å². The Bertz CT molecular complexity index is 1460. The van der Waals surface area contributed by atoms with E-state index in [0.717, 1.165) is 55.3 Å². The minimum Gasteiger partial charge on any atom is -0.332 e. The number of carbonyl (C=O) groups is 1. The minimum atomic E-state index is 0.118. The Balaban J connectivity index is 1.16.